The Hall–Kier alpha value is -0.0400. The summed E-state index contributed by atoms with van der Waals surface area (Å²) in [5.74, 6) is 2.20. The average Bonchev–Trinajstić information content (AvgIpc) is 2.12. The van der Waals surface area contributed by atoms with Gasteiger partial charge < -0.3 is 4.90 Å². The summed E-state index contributed by atoms with van der Waals surface area (Å²) in [6, 6.07) is 0. The van der Waals surface area contributed by atoms with Crippen LogP contribution >= 0.6 is 0 Å². The van der Waals surface area contributed by atoms with E-state index in [1.165, 1.54) is 45.1 Å². The Labute approximate surface area is 96.2 Å². The lowest BCUT2D eigenvalue weighted by atomic mass is 9.71. The first kappa shape index (κ1) is 13.0. The molecule has 1 heteroatoms. The Bertz CT molecular complexity index is 147. The highest BCUT2D eigenvalue weighted by Gasteiger charge is 2.27. The second kappa shape index (κ2) is 7.27. The maximum Gasteiger partial charge on any atom is -0.00248 e. The van der Waals surface area contributed by atoms with E-state index in [1.54, 1.807) is 12.8 Å². The van der Waals surface area contributed by atoms with Gasteiger partial charge in [-0.2, -0.15) is 0 Å². The predicted octanol–water partition coefficient (Wildman–Crippen LogP) is 3.93. The van der Waals surface area contributed by atoms with Crippen LogP contribution in [-0.4, -0.2) is 25.5 Å². The lowest BCUT2D eigenvalue weighted by Crippen LogP contribution is -2.23. The number of unbranched alkanes of at least 4 members (excludes halogenated alkanes) is 2. The summed E-state index contributed by atoms with van der Waals surface area (Å²) in [5, 5.41) is 0. The molecule has 0 aromatic rings. The highest BCUT2D eigenvalue weighted by molar-refractivity contribution is 4.78. The Balaban J connectivity index is 1.82. The lowest BCUT2D eigenvalue weighted by Gasteiger charge is -2.35. The van der Waals surface area contributed by atoms with Gasteiger partial charge in [-0.25, -0.2) is 0 Å². The molecule has 0 amide bonds. The minimum atomic E-state index is 1.10. The van der Waals surface area contributed by atoms with Crippen molar-refractivity contribution in [2.24, 2.45) is 11.8 Å². The van der Waals surface area contributed by atoms with Crippen LogP contribution in [0.1, 0.15) is 58.3 Å². The van der Waals surface area contributed by atoms with Gasteiger partial charge in [0, 0.05) is 0 Å². The smallest absolute Gasteiger partial charge is 0.00248 e. The van der Waals surface area contributed by atoms with Crippen LogP contribution < -0.4 is 0 Å². The van der Waals surface area contributed by atoms with E-state index >= 15 is 0 Å². The lowest BCUT2D eigenvalue weighted by molar-refractivity contribution is 0.166. The molecule has 90 valence electrons. The van der Waals surface area contributed by atoms with Crippen molar-refractivity contribution in [2.75, 3.05) is 20.6 Å². The average molecular weight is 211 g/mol. The summed E-state index contributed by atoms with van der Waals surface area (Å²) in [6.07, 6.45) is 11.8. The highest BCUT2D eigenvalue weighted by Crippen LogP contribution is 2.39. The molecule has 0 atom stereocenters. The van der Waals surface area contributed by atoms with Gasteiger partial charge in [0.2, 0.25) is 0 Å². The van der Waals surface area contributed by atoms with Crippen LogP contribution in [0.15, 0.2) is 0 Å². The van der Waals surface area contributed by atoms with Crippen molar-refractivity contribution in [3.63, 3.8) is 0 Å². The standard InChI is InChI=1S/C14H29N/c1-4-8-13-11-14(12-13)9-6-5-7-10-15(2)3/h13-14H,4-12H2,1-3H3. The molecule has 15 heavy (non-hydrogen) atoms. The third-order valence-corrected chi connectivity index (χ3v) is 3.75. The molecule has 0 radical (unpaired) electrons. The van der Waals surface area contributed by atoms with Crippen molar-refractivity contribution in [1.82, 2.24) is 4.90 Å². The van der Waals surface area contributed by atoms with Gasteiger partial charge >= 0.3 is 0 Å². The fraction of sp³-hybridized carbons (Fsp3) is 1.00. The first-order chi connectivity index (χ1) is 7.22. The molecule has 1 rings (SSSR count). The molecule has 1 nitrogen and oxygen atoms in total. The van der Waals surface area contributed by atoms with Gasteiger partial charge in [-0.1, -0.05) is 39.0 Å². The fourth-order valence-corrected chi connectivity index (χ4v) is 2.79. The second-order valence-corrected chi connectivity index (χ2v) is 5.64. The quantitative estimate of drug-likeness (QED) is 0.550. The third-order valence-electron chi connectivity index (χ3n) is 3.75. The molecule has 0 saturated heterocycles. The normalized spacial score (nSPS) is 25.6. The van der Waals surface area contributed by atoms with Crippen LogP contribution in [0.2, 0.25) is 0 Å². The van der Waals surface area contributed by atoms with E-state index in [9.17, 15) is 0 Å². The zero-order valence-corrected chi connectivity index (χ0v) is 11.0. The summed E-state index contributed by atoms with van der Waals surface area (Å²) >= 11 is 0. The van der Waals surface area contributed by atoms with Crippen LogP contribution in [0.4, 0.5) is 0 Å². The van der Waals surface area contributed by atoms with E-state index in [1.807, 2.05) is 0 Å². The van der Waals surface area contributed by atoms with Crippen LogP contribution in [0, 0.1) is 11.8 Å². The zero-order valence-electron chi connectivity index (χ0n) is 11.0. The summed E-state index contributed by atoms with van der Waals surface area (Å²) in [5.41, 5.74) is 0. The molecular weight excluding hydrogens is 182 g/mol. The maximum atomic E-state index is 2.31. The van der Waals surface area contributed by atoms with Gasteiger partial charge in [0.25, 0.3) is 0 Å². The van der Waals surface area contributed by atoms with Crippen LogP contribution in [0.5, 0.6) is 0 Å². The summed E-state index contributed by atoms with van der Waals surface area (Å²) < 4.78 is 0. The molecule has 1 saturated carbocycles. The Morgan fingerprint density at radius 1 is 0.933 bits per heavy atom. The predicted molar refractivity (Wildman–Crippen MR) is 68.1 cm³/mol. The van der Waals surface area contributed by atoms with Gasteiger partial charge in [0.15, 0.2) is 0 Å². The molecule has 0 aliphatic heterocycles. The van der Waals surface area contributed by atoms with Crippen molar-refractivity contribution >= 4 is 0 Å². The van der Waals surface area contributed by atoms with E-state index < -0.39 is 0 Å². The summed E-state index contributed by atoms with van der Waals surface area (Å²) in [6.45, 7) is 3.58. The molecule has 0 spiro atoms. The molecule has 0 aromatic heterocycles. The Morgan fingerprint density at radius 2 is 1.60 bits per heavy atom. The molecule has 0 bridgehead atoms. The second-order valence-electron chi connectivity index (χ2n) is 5.64. The topological polar surface area (TPSA) is 3.24 Å². The van der Waals surface area contributed by atoms with Crippen molar-refractivity contribution < 1.29 is 0 Å². The van der Waals surface area contributed by atoms with E-state index in [4.69, 9.17) is 0 Å². The van der Waals surface area contributed by atoms with E-state index in [0.717, 1.165) is 11.8 Å². The van der Waals surface area contributed by atoms with Crippen LogP contribution in [0.3, 0.4) is 0 Å². The SMILES string of the molecule is CCCC1CC(CCCCCN(C)C)C1. The number of hydrogen-bond acceptors (Lipinski definition) is 1. The molecule has 0 heterocycles. The minimum absolute atomic E-state index is 1.10. The Morgan fingerprint density at radius 3 is 2.20 bits per heavy atom. The zero-order chi connectivity index (χ0) is 11.1. The molecule has 0 aromatic carbocycles. The van der Waals surface area contributed by atoms with Gasteiger partial charge in [0.05, 0.1) is 0 Å². The van der Waals surface area contributed by atoms with Gasteiger partial charge in [0.1, 0.15) is 0 Å². The fourth-order valence-electron chi connectivity index (χ4n) is 2.79. The molecule has 1 aliphatic rings. The van der Waals surface area contributed by atoms with Crippen LogP contribution in [0.25, 0.3) is 0 Å². The van der Waals surface area contributed by atoms with Gasteiger partial charge in [-0.15, -0.1) is 0 Å². The number of hydrogen-bond donors (Lipinski definition) is 0. The summed E-state index contributed by atoms with van der Waals surface area (Å²) in [4.78, 5) is 2.29. The monoisotopic (exact) mass is 211 g/mol. The van der Waals surface area contributed by atoms with Crippen molar-refractivity contribution in [1.29, 1.82) is 0 Å². The highest BCUT2D eigenvalue weighted by atomic mass is 15.0. The minimum Gasteiger partial charge on any atom is -0.309 e. The Kier molecular flexibility index (Phi) is 6.31. The molecule has 0 N–H and O–H groups in total. The number of rotatable bonds is 8. The van der Waals surface area contributed by atoms with Crippen molar-refractivity contribution in [3.05, 3.63) is 0 Å². The van der Waals surface area contributed by atoms with E-state index in [0.29, 0.717) is 0 Å². The van der Waals surface area contributed by atoms with Crippen LogP contribution in [-0.2, 0) is 0 Å². The number of nitrogens with zero attached hydrogens (tertiary/aromatic N) is 1. The molecule has 0 unspecified atom stereocenters. The van der Waals surface area contributed by atoms with E-state index in [-0.39, 0.29) is 0 Å². The summed E-state index contributed by atoms with van der Waals surface area (Å²) in [7, 11) is 4.34. The van der Waals surface area contributed by atoms with Gasteiger partial charge in [-0.05, 0) is 51.7 Å². The first-order valence-electron chi connectivity index (χ1n) is 6.87. The molecule has 1 aliphatic carbocycles. The van der Waals surface area contributed by atoms with Gasteiger partial charge in [-0.3, -0.25) is 0 Å². The largest absolute Gasteiger partial charge is 0.309 e. The van der Waals surface area contributed by atoms with Crippen molar-refractivity contribution in [3.8, 4) is 0 Å². The third kappa shape index (κ3) is 5.55. The van der Waals surface area contributed by atoms with Crippen molar-refractivity contribution in [2.45, 2.75) is 58.3 Å². The first-order valence-corrected chi connectivity index (χ1v) is 6.87. The molecule has 1 fully saturated rings. The van der Waals surface area contributed by atoms with E-state index in [2.05, 4.69) is 25.9 Å². The molecular formula is C14H29N. The maximum absolute atomic E-state index is 2.31.